The van der Waals surface area contributed by atoms with Gasteiger partial charge in [-0.1, -0.05) is 31.2 Å². The van der Waals surface area contributed by atoms with Crippen LogP contribution in [0.4, 0.5) is 13.6 Å². The van der Waals surface area contributed by atoms with E-state index in [2.05, 4.69) is 0 Å². The SMILES string of the molecule is Cc1cc(COCC=CC2C(C)[C@H]3COC(=O)N3C(=O)[C@@H]2Oc2ccc(F)c(C)c2)ccc1F. The second-order valence-electron chi connectivity index (χ2n) is 8.77. The minimum Gasteiger partial charge on any atom is -0.480 e. The number of hydrogen-bond donors (Lipinski definition) is 0. The van der Waals surface area contributed by atoms with Crippen molar-refractivity contribution >= 4 is 12.0 Å². The molecular weight excluding hydrogens is 444 g/mol. The monoisotopic (exact) mass is 471 g/mol. The van der Waals surface area contributed by atoms with Crippen molar-refractivity contribution in [3.8, 4) is 5.75 Å². The van der Waals surface area contributed by atoms with E-state index in [1.807, 2.05) is 19.1 Å². The number of piperidine rings is 1. The Bertz CT molecular complexity index is 1120. The van der Waals surface area contributed by atoms with E-state index in [0.717, 1.165) is 10.5 Å². The Morgan fingerprint density at radius 1 is 1.09 bits per heavy atom. The first-order chi connectivity index (χ1) is 16.3. The van der Waals surface area contributed by atoms with Crippen LogP contribution in [0, 0.1) is 37.3 Å². The van der Waals surface area contributed by atoms with Gasteiger partial charge >= 0.3 is 6.09 Å². The Morgan fingerprint density at radius 3 is 2.50 bits per heavy atom. The fourth-order valence-electron chi connectivity index (χ4n) is 4.41. The Balaban J connectivity index is 1.48. The summed E-state index contributed by atoms with van der Waals surface area (Å²) in [5.41, 5.74) is 1.81. The van der Waals surface area contributed by atoms with Gasteiger partial charge in [-0.2, -0.15) is 0 Å². The van der Waals surface area contributed by atoms with Crippen LogP contribution in [-0.2, 0) is 20.9 Å². The molecular formula is C26H27F2NO5. The maximum Gasteiger partial charge on any atom is 0.417 e. The number of nitrogens with zero attached hydrogens (tertiary/aromatic N) is 1. The Kier molecular flexibility index (Phi) is 6.97. The van der Waals surface area contributed by atoms with Crippen LogP contribution in [0.25, 0.3) is 0 Å². The van der Waals surface area contributed by atoms with Crippen molar-refractivity contribution in [1.29, 1.82) is 0 Å². The molecule has 2 aromatic rings. The smallest absolute Gasteiger partial charge is 0.417 e. The van der Waals surface area contributed by atoms with E-state index in [1.54, 1.807) is 26.0 Å². The topological polar surface area (TPSA) is 65.1 Å². The molecule has 180 valence electrons. The van der Waals surface area contributed by atoms with E-state index < -0.39 is 18.1 Å². The van der Waals surface area contributed by atoms with Gasteiger partial charge in [0, 0.05) is 5.92 Å². The molecule has 34 heavy (non-hydrogen) atoms. The average Bonchev–Trinajstić information content (AvgIpc) is 3.20. The molecule has 0 N–H and O–H groups in total. The second kappa shape index (κ2) is 9.93. The van der Waals surface area contributed by atoms with Crippen LogP contribution in [0.3, 0.4) is 0 Å². The van der Waals surface area contributed by atoms with Gasteiger partial charge in [0.05, 0.1) is 19.3 Å². The van der Waals surface area contributed by atoms with Crippen LogP contribution < -0.4 is 4.74 Å². The molecule has 0 radical (unpaired) electrons. The summed E-state index contributed by atoms with van der Waals surface area (Å²) in [4.78, 5) is 26.5. The van der Waals surface area contributed by atoms with Crippen LogP contribution >= 0.6 is 0 Å². The summed E-state index contributed by atoms with van der Waals surface area (Å²) in [6.45, 7) is 5.98. The molecule has 2 aliphatic rings. The highest BCUT2D eigenvalue weighted by atomic mass is 19.1. The van der Waals surface area contributed by atoms with E-state index in [9.17, 15) is 18.4 Å². The molecule has 2 saturated heterocycles. The maximum absolute atomic E-state index is 13.7. The van der Waals surface area contributed by atoms with Gasteiger partial charge in [-0.15, -0.1) is 0 Å². The van der Waals surface area contributed by atoms with E-state index in [4.69, 9.17) is 14.2 Å². The zero-order chi connectivity index (χ0) is 24.4. The number of aryl methyl sites for hydroxylation is 2. The third-order valence-electron chi connectivity index (χ3n) is 6.41. The molecule has 2 amide bonds. The summed E-state index contributed by atoms with van der Waals surface area (Å²) in [5, 5.41) is 0. The number of carbonyl (C=O) groups excluding carboxylic acids is 2. The zero-order valence-corrected chi connectivity index (χ0v) is 19.3. The lowest BCUT2D eigenvalue weighted by atomic mass is 9.79. The predicted octanol–water partition coefficient (Wildman–Crippen LogP) is 4.72. The number of rotatable bonds is 7. The summed E-state index contributed by atoms with van der Waals surface area (Å²) in [6, 6.07) is 8.71. The van der Waals surface area contributed by atoms with Crippen LogP contribution in [0.1, 0.15) is 23.6 Å². The highest BCUT2D eigenvalue weighted by molar-refractivity contribution is 5.97. The first kappa shape index (κ1) is 23.9. The molecule has 2 heterocycles. The molecule has 2 aromatic carbocycles. The highest BCUT2D eigenvalue weighted by Gasteiger charge is 2.53. The number of fused-ring (bicyclic) bond motifs is 1. The van der Waals surface area contributed by atoms with Crippen molar-refractivity contribution in [2.24, 2.45) is 11.8 Å². The standard InChI is InChI=1S/C26H27F2NO5/c1-15-11-18(6-8-21(15)27)13-32-10-4-5-20-17(3)23-14-33-26(31)29(23)25(30)24(20)34-19-7-9-22(28)16(2)12-19/h4-9,11-12,17,20,23-24H,10,13-14H2,1-3H3/t17?,20?,23-,24-/m1/s1. The lowest BCUT2D eigenvalue weighted by Gasteiger charge is -2.40. The minimum atomic E-state index is -0.974. The largest absolute Gasteiger partial charge is 0.480 e. The van der Waals surface area contributed by atoms with Crippen molar-refractivity contribution in [2.45, 2.75) is 39.5 Å². The molecule has 0 bridgehead atoms. The number of hydrogen-bond acceptors (Lipinski definition) is 5. The molecule has 2 aliphatic heterocycles. The van der Waals surface area contributed by atoms with Gasteiger partial charge in [0.25, 0.3) is 5.91 Å². The van der Waals surface area contributed by atoms with Gasteiger partial charge in [0.15, 0.2) is 6.10 Å². The Labute approximate surface area is 197 Å². The van der Waals surface area contributed by atoms with Crippen LogP contribution in [0.2, 0.25) is 0 Å². The fourth-order valence-corrected chi connectivity index (χ4v) is 4.41. The maximum atomic E-state index is 13.7. The molecule has 0 aromatic heterocycles. The lowest BCUT2D eigenvalue weighted by Crippen LogP contribution is -2.59. The first-order valence-corrected chi connectivity index (χ1v) is 11.2. The van der Waals surface area contributed by atoms with Crippen LogP contribution in [0.5, 0.6) is 5.75 Å². The van der Waals surface area contributed by atoms with Gasteiger partial charge in [-0.25, -0.2) is 18.5 Å². The molecule has 2 unspecified atom stereocenters. The van der Waals surface area contributed by atoms with Crippen LogP contribution in [-0.4, -0.2) is 42.3 Å². The number of ether oxygens (including phenoxy) is 3. The van der Waals surface area contributed by atoms with Crippen LogP contribution in [0.15, 0.2) is 48.6 Å². The molecule has 4 rings (SSSR count). The highest BCUT2D eigenvalue weighted by Crippen LogP contribution is 2.37. The van der Waals surface area contributed by atoms with E-state index in [-0.39, 0.29) is 42.7 Å². The van der Waals surface area contributed by atoms with E-state index >= 15 is 0 Å². The predicted molar refractivity (Wildman–Crippen MR) is 120 cm³/mol. The quantitative estimate of drug-likeness (QED) is 0.432. The third kappa shape index (κ3) is 4.82. The van der Waals surface area contributed by atoms with Gasteiger partial charge in [-0.3, -0.25) is 4.79 Å². The number of benzene rings is 2. The minimum absolute atomic E-state index is 0.133. The third-order valence-corrected chi connectivity index (χ3v) is 6.41. The fraction of sp³-hybridized carbons (Fsp3) is 0.385. The number of cyclic esters (lactones) is 1. The molecule has 4 atom stereocenters. The molecule has 0 spiro atoms. The van der Waals surface area contributed by atoms with Crippen molar-refractivity contribution in [1.82, 2.24) is 4.90 Å². The Morgan fingerprint density at radius 2 is 1.79 bits per heavy atom. The van der Waals surface area contributed by atoms with Gasteiger partial charge < -0.3 is 14.2 Å². The van der Waals surface area contributed by atoms with E-state index in [0.29, 0.717) is 23.5 Å². The molecule has 0 aliphatic carbocycles. The van der Waals surface area contributed by atoms with Crippen molar-refractivity contribution in [2.75, 3.05) is 13.2 Å². The second-order valence-corrected chi connectivity index (χ2v) is 8.77. The summed E-state index contributed by atoms with van der Waals surface area (Å²) in [5.74, 6) is -1.26. The number of amides is 2. The normalized spacial score (nSPS) is 24.4. The molecule has 2 fully saturated rings. The van der Waals surface area contributed by atoms with Gasteiger partial charge in [0.2, 0.25) is 0 Å². The summed E-state index contributed by atoms with van der Waals surface area (Å²) in [6.07, 6.45) is 2.02. The van der Waals surface area contributed by atoms with Crippen molar-refractivity contribution in [3.63, 3.8) is 0 Å². The van der Waals surface area contributed by atoms with Gasteiger partial charge in [-0.05, 0) is 60.7 Å². The van der Waals surface area contributed by atoms with Gasteiger partial charge in [0.1, 0.15) is 24.0 Å². The molecule has 8 heteroatoms. The number of halogens is 2. The first-order valence-electron chi connectivity index (χ1n) is 11.2. The summed E-state index contributed by atoms with van der Waals surface area (Å²) >= 11 is 0. The number of carbonyl (C=O) groups is 2. The number of imide groups is 1. The van der Waals surface area contributed by atoms with E-state index in [1.165, 1.54) is 24.3 Å². The summed E-state index contributed by atoms with van der Waals surface area (Å²) in [7, 11) is 0. The molecule has 6 nitrogen and oxygen atoms in total. The Hall–Kier alpha value is -3.26. The molecule has 0 saturated carbocycles. The zero-order valence-electron chi connectivity index (χ0n) is 19.3. The average molecular weight is 472 g/mol. The lowest BCUT2D eigenvalue weighted by molar-refractivity contribution is -0.145. The van der Waals surface area contributed by atoms with Crippen molar-refractivity contribution in [3.05, 3.63) is 76.9 Å². The summed E-state index contributed by atoms with van der Waals surface area (Å²) < 4.78 is 43.9. The van der Waals surface area contributed by atoms with Crippen molar-refractivity contribution < 1.29 is 32.6 Å².